The summed E-state index contributed by atoms with van der Waals surface area (Å²) in [6, 6.07) is 15.1. The number of esters is 1. The molecule has 0 unspecified atom stereocenters. The molecule has 1 aliphatic rings. The Labute approximate surface area is 184 Å². The molecule has 0 atom stereocenters. The van der Waals surface area contributed by atoms with Gasteiger partial charge in [0, 0.05) is 26.7 Å². The molecular weight excluding hydrogens is 465 g/mol. The molecule has 6 heteroatoms. The van der Waals surface area contributed by atoms with E-state index in [-0.39, 0.29) is 35.9 Å². The van der Waals surface area contributed by atoms with Gasteiger partial charge in [0.05, 0.1) is 12.5 Å². The zero-order valence-corrected chi connectivity index (χ0v) is 19.0. The van der Waals surface area contributed by atoms with Crippen LogP contribution in [0.5, 0.6) is 0 Å². The largest absolute Gasteiger partial charge is 0.466 e. The lowest BCUT2D eigenvalue weighted by Crippen LogP contribution is -2.47. The number of piperidine rings is 1. The number of guanidine groups is 1. The monoisotopic (exact) mass is 495 g/mol. The topological polar surface area (TPSA) is 53.9 Å². The van der Waals surface area contributed by atoms with E-state index in [0.29, 0.717) is 6.61 Å². The fourth-order valence-corrected chi connectivity index (χ4v) is 3.63. The maximum atomic E-state index is 11.9. The number of carbonyl (C=O) groups is 1. The average molecular weight is 495 g/mol. The molecular formula is C22H30IN3O2. The lowest BCUT2D eigenvalue weighted by Gasteiger charge is -2.33. The molecule has 1 N–H and O–H groups in total. The van der Waals surface area contributed by atoms with Crippen molar-refractivity contribution in [3.63, 3.8) is 0 Å². The predicted octanol–water partition coefficient (Wildman–Crippen LogP) is 3.85. The lowest BCUT2D eigenvalue weighted by atomic mass is 9.97. The Morgan fingerprint density at radius 1 is 1.18 bits per heavy atom. The first-order chi connectivity index (χ1) is 13.2. The SMILES string of the molecule is CCOC(=O)C1CCN(C(=NC)NCCc2ccc3ccccc3c2)CC1.I. The van der Waals surface area contributed by atoms with Crippen LogP contribution >= 0.6 is 24.0 Å². The fourth-order valence-electron chi connectivity index (χ4n) is 3.63. The number of carbonyl (C=O) groups excluding carboxylic acids is 1. The number of nitrogens with one attached hydrogen (secondary N) is 1. The van der Waals surface area contributed by atoms with E-state index >= 15 is 0 Å². The Balaban J connectivity index is 0.00000280. The fraction of sp³-hybridized carbons (Fsp3) is 0.455. The summed E-state index contributed by atoms with van der Waals surface area (Å²) in [5.74, 6) is 0.881. The third-order valence-corrected chi connectivity index (χ3v) is 5.14. The standard InChI is InChI=1S/C22H29N3O2.HI/c1-3-27-21(26)19-11-14-25(15-12-19)22(23-2)24-13-10-17-8-9-18-6-4-5-7-20(18)16-17;/h4-9,16,19H,3,10-15H2,1-2H3,(H,23,24);1H. The summed E-state index contributed by atoms with van der Waals surface area (Å²) >= 11 is 0. The highest BCUT2D eigenvalue weighted by molar-refractivity contribution is 14.0. The maximum absolute atomic E-state index is 11.9. The van der Waals surface area contributed by atoms with Crippen LogP contribution in [0.15, 0.2) is 47.5 Å². The van der Waals surface area contributed by atoms with Crippen molar-refractivity contribution in [2.24, 2.45) is 10.9 Å². The van der Waals surface area contributed by atoms with Crippen molar-refractivity contribution in [1.82, 2.24) is 10.2 Å². The summed E-state index contributed by atoms with van der Waals surface area (Å²) in [6.07, 6.45) is 2.59. The van der Waals surface area contributed by atoms with Crippen LogP contribution in [0, 0.1) is 5.92 Å². The minimum Gasteiger partial charge on any atom is -0.466 e. The van der Waals surface area contributed by atoms with E-state index in [1.807, 2.05) is 14.0 Å². The number of hydrogen-bond acceptors (Lipinski definition) is 3. The third kappa shape index (κ3) is 5.83. The second-order valence-electron chi connectivity index (χ2n) is 6.92. The molecule has 0 saturated carbocycles. The number of fused-ring (bicyclic) bond motifs is 1. The third-order valence-electron chi connectivity index (χ3n) is 5.14. The Morgan fingerprint density at radius 3 is 2.57 bits per heavy atom. The van der Waals surface area contributed by atoms with E-state index in [9.17, 15) is 4.79 Å². The highest BCUT2D eigenvalue weighted by Gasteiger charge is 2.27. The molecule has 0 spiro atoms. The number of halogens is 1. The van der Waals surface area contributed by atoms with E-state index in [4.69, 9.17) is 4.74 Å². The summed E-state index contributed by atoms with van der Waals surface area (Å²) in [5.41, 5.74) is 1.32. The normalized spacial score (nSPS) is 15.2. The molecule has 0 bridgehead atoms. The zero-order chi connectivity index (χ0) is 19.1. The average Bonchev–Trinajstić information content (AvgIpc) is 2.71. The van der Waals surface area contributed by atoms with Crippen LogP contribution in [0.4, 0.5) is 0 Å². The van der Waals surface area contributed by atoms with E-state index in [1.54, 1.807) is 0 Å². The summed E-state index contributed by atoms with van der Waals surface area (Å²) in [7, 11) is 1.82. The minimum atomic E-state index is -0.0589. The quantitative estimate of drug-likeness (QED) is 0.297. The Morgan fingerprint density at radius 2 is 1.89 bits per heavy atom. The molecule has 152 valence electrons. The van der Waals surface area contributed by atoms with Crippen molar-refractivity contribution in [3.8, 4) is 0 Å². The first kappa shape index (κ1) is 22.5. The van der Waals surface area contributed by atoms with Crippen molar-refractivity contribution in [1.29, 1.82) is 0 Å². The maximum Gasteiger partial charge on any atom is 0.309 e. The number of likely N-dealkylation sites (tertiary alicyclic amines) is 1. The smallest absolute Gasteiger partial charge is 0.309 e. The lowest BCUT2D eigenvalue weighted by molar-refractivity contribution is -0.149. The summed E-state index contributed by atoms with van der Waals surface area (Å²) in [4.78, 5) is 18.5. The van der Waals surface area contributed by atoms with E-state index < -0.39 is 0 Å². The van der Waals surface area contributed by atoms with Gasteiger partial charge >= 0.3 is 5.97 Å². The van der Waals surface area contributed by atoms with Gasteiger partial charge in [-0.15, -0.1) is 24.0 Å². The number of nitrogens with zero attached hydrogens (tertiary/aromatic N) is 2. The van der Waals surface area contributed by atoms with Gasteiger partial charge in [0.2, 0.25) is 0 Å². The van der Waals surface area contributed by atoms with Crippen LogP contribution in [-0.2, 0) is 16.0 Å². The van der Waals surface area contributed by atoms with E-state index in [0.717, 1.165) is 44.9 Å². The van der Waals surface area contributed by atoms with Crippen molar-refractivity contribution in [2.75, 3.05) is 33.3 Å². The Bertz CT molecular complexity index is 801. The number of rotatable bonds is 5. The number of hydrogen-bond donors (Lipinski definition) is 1. The van der Waals surface area contributed by atoms with Gasteiger partial charge in [-0.3, -0.25) is 9.79 Å². The molecule has 0 aliphatic carbocycles. The van der Waals surface area contributed by atoms with Gasteiger partial charge in [0.1, 0.15) is 0 Å². The van der Waals surface area contributed by atoms with Gasteiger partial charge in [-0.1, -0.05) is 42.5 Å². The molecule has 2 aromatic rings. The van der Waals surface area contributed by atoms with Crippen molar-refractivity contribution in [2.45, 2.75) is 26.2 Å². The van der Waals surface area contributed by atoms with Gasteiger partial charge in [0.25, 0.3) is 0 Å². The second kappa shape index (κ2) is 11.2. The number of ether oxygens (including phenoxy) is 1. The first-order valence-corrected chi connectivity index (χ1v) is 9.81. The van der Waals surface area contributed by atoms with E-state index in [1.165, 1.54) is 16.3 Å². The molecule has 1 aliphatic heterocycles. The van der Waals surface area contributed by atoms with Gasteiger partial charge in [0.15, 0.2) is 5.96 Å². The van der Waals surface area contributed by atoms with Crippen molar-refractivity contribution in [3.05, 3.63) is 48.0 Å². The van der Waals surface area contributed by atoms with Gasteiger partial charge in [-0.25, -0.2) is 0 Å². The van der Waals surface area contributed by atoms with Gasteiger partial charge in [-0.05, 0) is 42.5 Å². The summed E-state index contributed by atoms with van der Waals surface area (Å²) in [6.45, 7) is 4.81. The van der Waals surface area contributed by atoms with Crippen molar-refractivity contribution < 1.29 is 9.53 Å². The molecule has 28 heavy (non-hydrogen) atoms. The molecule has 1 fully saturated rings. The first-order valence-electron chi connectivity index (χ1n) is 9.81. The highest BCUT2D eigenvalue weighted by atomic mass is 127. The van der Waals surface area contributed by atoms with Crippen LogP contribution in [0.3, 0.4) is 0 Å². The van der Waals surface area contributed by atoms with E-state index in [2.05, 4.69) is 57.7 Å². The van der Waals surface area contributed by atoms with Gasteiger partial charge in [-0.2, -0.15) is 0 Å². The van der Waals surface area contributed by atoms with Crippen LogP contribution in [0.25, 0.3) is 10.8 Å². The van der Waals surface area contributed by atoms with Crippen molar-refractivity contribution >= 4 is 46.7 Å². The molecule has 5 nitrogen and oxygen atoms in total. The molecule has 3 rings (SSSR count). The van der Waals surface area contributed by atoms with Crippen LogP contribution in [-0.4, -0.2) is 50.1 Å². The minimum absolute atomic E-state index is 0. The number of aliphatic imine (C=N–C) groups is 1. The summed E-state index contributed by atoms with van der Waals surface area (Å²) < 4.78 is 5.14. The van der Waals surface area contributed by atoms with Crippen LogP contribution in [0.2, 0.25) is 0 Å². The molecule has 0 amide bonds. The molecule has 0 aromatic heterocycles. The molecule has 0 radical (unpaired) electrons. The van der Waals surface area contributed by atoms with Gasteiger partial charge < -0.3 is 15.0 Å². The molecule has 1 saturated heterocycles. The molecule has 1 heterocycles. The zero-order valence-electron chi connectivity index (χ0n) is 16.7. The predicted molar refractivity (Wildman–Crippen MR) is 125 cm³/mol. The number of benzene rings is 2. The Hall–Kier alpha value is -1.83. The summed E-state index contributed by atoms with van der Waals surface area (Å²) in [5, 5.41) is 6.02. The van der Waals surface area contributed by atoms with Crippen LogP contribution in [0.1, 0.15) is 25.3 Å². The van der Waals surface area contributed by atoms with Crippen LogP contribution < -0.4 is 5.32 Å². The second-order valence-corrected chi connectivity index (χ2v) is 6.92. The Kier molecular flexibility index (Phi) is 9.02. The molecule has 2 aromatic carbocycles. The highest BCUT2D eigenvalue weighted by Crippen LogP contribution is 2.19.